The fraction of sp³-hybridized carbons (Fsp3) is 0.462. The molecule has 1 unspecified atom stereocenters. The molecule has 1 heterocycles. The average molecular weight is 253 g/mol. The first kappa shape index (κ1) is 12.4. The third-order valence-corrected chi connectivity index (χ3v) is 3.33. The molecule has 3 nitrogen and oxygen atoms in total. The van der Waals surface area contributed by atoms with Crippen LogP contribution in [0.2, 0.25) is 5.02 Å². The van der Waals surface area contributed by atoms with Crippen molar-refractivity contribution in [2.75, 3.05) is 13.6 Å². The van der Waals surface area contributed by atoms with Gasteiger partial charge in [0.05, 0.1) is 6.54 Å². The maximum absolute atomic E-state index is 11.9. The van der Waals surface area contributed by atoms with Gasteiger partial charge in [0.25, 0.3) is 0 Å². The molecule has 0 bridgehead atoms. The topological polar surface area (TPSA) is 23.6 Å². The largest absolute Gasteiger partial charge is 0.319 e. The summed E-state index contributed by atoms with van der Waals surface area (Å²) in [5.74, 6) is 0.183. The summed E-state index contributed by atoms with van der Waals surface area (Å²) in [5.41, 5.74) is 1.11. The van der Waals surface area contributed by atoms with Crippen molar-refractivity contribution < 1.29 is 4.79 Å². The zero-order valence-electron chi connectivity index (χ0n) is 10.4. The van der Waals surface area contributed by atoms with Crippen LogP contribution in [0.3, 0.4) is 0 Å². The van der Waals surface area contributed by atoms with Crippen LogP contribution in [0.4, 0.5) is 0 Å². The van der Waals surface area contributed by atoms with Gasteiger partial charge in [0.1, 0.15) is 6.17 Å². The standard InChI is InChI=1S/C13H17ClN2O/c1-9(2)16-12(17)8-15(3)13(16)10-4-6-11(14)7-5-10/h4-7,9,13H,8H2,1-3H3. The Hall–Kier alpha value is -1.06. The smallest absolute Gasteiger partial charge is 0.238 e. The van der Waals surface area contributed by atoms with Crippen molar-refractivity contribution in [2.24, 2.45) is 0 Å². The van der Waals surface area contributed by atoms with E-state index in [0.29, 0.717) is 6.54 Å². The molecule has 1 aliphatic heterocycles. The number of amides is 1. The SMILES string of the molecule is CC(C)N1C(=O)CN(C)C1c1ccc(Cl)cc1. The van der Waals surface area contributed by atoms with Gasteiger partial charge in [-0.2, -0.15) is 0 Å². The molecule has 1 saturated heterocycles. The van der Waals surface area contributed by atoms with Gasteiger partial charge in [-0.15, -0.1) is 0 Å². The molecule has 1 amide bonds. The van der Waals surface area contributed by atoms with Crippen LogP contribution in [-0.4, -0.2) is 35.3 Å². The number of carbonyl (C=O) groups excluding carboxylic acids is 1. The zero-order chi connectivity index (χ0) is 12.6. The molecule has 1 aliphatic rings. The van der Waals surface area contributed by atoms with Gasteiger partial charge in [-0.25, -0.2) is 0 Å². The molecule has 0 aliphatic carbocycles. The Morgan fingerprint density at radius 2 is 1.88 bits per heavy atom. The minimum Gasteiger partial charge on any atom is -0.319 e. The van der Waals surface area contributed by atoms with E-state index in [1.165, 1.54) is 0 Å². The Kier molecular flexibility index (Phi) is 3.40. The van der Waals surface area contributed by atoms with Crippen LogP contribution in [0, 0.1) is 0 Å². The van der Waals surface area contributed by atoms with E-state index in [-0.39, 0.29) is 18.1 Å². The normalized spacial score (nSPS) is 21.6. The third-order valence-electron chi connectivity index (χ3n) is 3.08. The molecule has 92 valence electrons. The number of hydrogen-bond acceptors (Lipinski definition) is 2. The lowest BCUT2D eigenvalue weighted by molar-refractivity contribution is -0.129. The van der Waals surface area contributed by atoms with Crippen LogP contribution in [0.5, 0.6) is 0 Å². The predicted octanol–water partition coefficient (Wildman–Crippen LogP) is 2.52. The van der Waals surface area contributed by atoms with E-state index in [2.05, 4.69) is 4.90 Å². The number of carbonyl (C=O) groups is 1. The molecule has 0 aromatic heterocycles. The number of benzene rings is 1. The van der Waals surface area contributed by atoms with Crippen LogP contribution in [0.1, 0.15) is 25.6 Å². The molecule has 0 N–H and O–H groups in total. The number of rotatable bonds is 2. The molecule has 1 aromatic rings. The second-order valence-corrected chi connectivity index (χ2v) is 5.17. The Bertz CT molecular complexity index is 416. The zero-order valence-corrected chi connectivity index (χ0v) is 11.1. The molecule has 1 aromatic carbocycles. The average Bonchev–Trinajstić information content (AvgIpc) is 2.55. The van der Waals surface area contributed by atoms with Gasteiger partial charge >= 0.3 is 0 Å². The molecule has 1 fully saturated rings. The Balaban J connectivity index is 2.34. The van der Waals surface area contributed by atoms with Gasteiger partial charge in [0.2, 0.25) is 5.91 Å². The highest BCUT2D eigenvalue weighted by atomic mass is 35.5. The lowest BCUT2D eigenvalue weighted by Crippen LogP contribution is -2.36. The monoisotopic (exact) mass is 252 g/mol. The predicted molar refractivity (Wildman–Crippen MR) is 68.8 cm³/mol. The Morgan fingerprint density at radius 1 is 1.29 bits per heavy atom. The van der Waals surface area contributed by atoms with E-state index in [1.54, 1.807) is 0 Å². The minimum atomic E-state index is 0.0276. The van der Waals surface area contributed by atoms with E-state index in [4.69, 9.17) is 11.6 Å². The number of nitrogens with zero attached hydrogens (tertiary/aromatic N) is 2. The summed E-state index contributed by atoms with van der Waals surface area (Å²) in [5, 5.41) is 0.719. The third kappa shape index (κ3) is 2.31. The van der Waals surface area contributed by atoms with Gasteiger partial charge in [-0.3, -0.25) is 9.69 Å². The van der Waals surface area contributed by atoms with E-state index in [9.17, 15) is 4.79 Å². The van der Waals surface area contributed by atoms with Crippen LogP contribution in [-0.2, 0) is 4.79 Å². The maximum atomic E-state index is 11.9. The molecule has 0 radical (unpaired) electrons. The quantitative estimate of drug-likeness (QED) is 0.808. The highest BCUT2D eigenvalue weighted by Crippen LogP contribution is 2.31. The molecule has 2 rings (SSSR count). The summed E-state index contributed by atoms with van der Waals surface area (Å²) >= 11 is 5.89. The summed E-state index contributed by atoms with van der Waals surface area (Å²) < 4.78 is 0. The highest BCUT2D eigenvalue weighted by molar-refractivity contribution is 6.30. The van der Waals surface area contributed by atoms with Crippen LogP contribution in [0.15, 0.2) is 24.3 Å². The van der Waals surface area contributed by atoms with Crippen molar-refractivity contribution in [3.63, 3.8) is 0 Å². The van der Waals surface area contributed by atoms with Gasteiger partial charge in [0.15, 0.2) is 0 Å². The molecule has 0 saturated carbocycles. The summed E-state index contributed by atoms with van der Waals surface area (Å²) in [6, 6.07) is 7.90. The van der Waals surface area contributed by atoms with E-state index >= 15 is 0 Å². The second-order valence-electron chi connectivity index (χ2n) is 4.74. The first-order valence-corrected chi connectivity index (χ1v) is 6.15. The van der Waals surface area contributed by atoms with Crippen LogP contribution < -0.4 is 0 Å². The van der Waals surface area contributed by atoms with Crippen LogP contribution >= 0.6 is 11.6 Å². The summed E-state index contributed by atoms with van der Waals surface area (Å²) in [4.78, 5) is 15.9. The lowest BCUT2D eigenvalue weighted by Gasteiger charge is -2.31. The lowest BCUT2D eigenvalue weighted by atomic mass is 10.1. The van der Waals surface area contributed by atoms with Gasteiger partial charge in [-0.05, 0) is 38.6 Å². The minimum absolute atomic E-state index is 0.0276. The van der Waals surface area contributed by atoms with Crippen molar-refractivity contribution >= 4 is 17.5 Å². The van der Waals surface area contributed by atoms with Gasteiger partial charge < -0.3 is 4.90 Å². The van der Waals surface area contributed by atoms with Crippen molar-refractivity contribution in [1.29, 1.82) is 0 Å². The van der Waals surface area contributed by atoms with Crippen LogP contribution in [0.25, 0.3) is 0 Å². The molecular formula is C13H17ClN2O. The number of halogens is 1. The Labute approximate surface area is 107 Å². The molecular weight excluding hydrogens is 236 g/mol. The van der Waals surface area contributed by atoms with Gasteiger partial charge in [0, 0.05) is 11.1 Å². The fourth-order valence-electron chi connectivity index (χ4n) is 2.35. The molecule has 17 heavy (non-hydrogen) atoms. The van der Waals surface area contributed by atoms with Crippen molar-refractivity contribution in [2.45, 2.75) is 26.1 Å². The van der Waals surface area contributed by atoms with Crippen molar-refractivity contribution in [3.05, 3.63) is 34.9 Å². The summed E-state index contributed by atoms with van der Waals surface area (Å²) in [6.07, 6.45) is 0.0276. The number of hydrogen-bond donors (Lipinski definition) is 0. The number of likely N-dealkylation sites (N-methyl/N-ethyl adjacent to an activating group) is 1. The summed E-state index contributed by atoms with van der Waals surface area (Å²) in [7, 11) is 1.97. The highest BCUT2D eigenvalue weighted by Gasteiger charge is 2.37. The Morgan fingerprint density at radius 3 is 2.41 bits per heavy atom. The molecule has 1 atom stereocenters. The maximum Gasteiger partial charge on any atom is 0.238 e. The fourth-order valence-corrected chi connectivity index (χ4v) is 2.48. The van der Waals surface area contributed by atoms with E-state index < -0.39 is 0 Å². The molecule has 0 spiro atoms. The van der Waals surface area contributed by atoms with Crippen molar-refractivity contribution in [1.82, 2.24) is 9.80 Å². The van der Waals surface area contributed by atoms with Crippen molar-refractivity contribution in [3.8, 4) is 0 Å². The van der Waals surface area contributed by atoms with E-state index in [0.717, 1.165) is 10.6 Å². The first-order valence-electron chi connectivity index (χ1n) is 5.77. The van der Waals surface area contributed by atoms with E-state index in [1.807, 2.05) is 50.1 Å². The molecule has 4 heteroatoms. The second kappa shape index (κ2) is 4.67. The van der Waals surface area contributed by atoms with Gasteiger partial charge in [-0.1, -0.05) is 23.7 Å². The first-order chi connectivity index (χ1) is 8.00. The summed E-state index contributed by atoms with van der Waals surface area (Å²) in [6.45, 7) is 4.56.